The lowest BCUT2D eigenvalue weighted by Gasteiger charge is -2.19. The Labute approximate surface area is 145 Å². The van der Waals surface area contributed by atoms with E-state index in [1.54, 1.807) is 23.1 Å². The molecule has 3 rings (SSSR count). The molecule has 2 aromatic rings. The zero-order valence-corrected chi connectivity index (χ0v) is 13.8. The van der Waals surface area contributed by atoms with Gasteiger partial charge in [0.05, 0.1) is 5.56 Å². The molecule has 0 saturated carbocycles. The van der Waals surface area contributed by atoms with Crippen molar-refractivity contribution < 1.29 is 13.9 Å². The largest absolute Gasteiger partial charge is 0.457 e. The molecule has 24 heavy (non-hydrogen) atoms. The summed E-state index contributed by atoms with van der Waals surface area (Å²) in [6.45, 7) is 1.87. The van der Waals surface area contributed by atoms with Crippen LogP contribution in [0.4, 0.5) is 4.39 Å². The maximum Gasteiger partial charge on any atom is 0.257 e. The molecule has 1 saturated heterocycles. The van der Waals surface area contributed by atoms with Crippen molar-refractivity contribution >= 4 is 17.5 Å². The summed E-state index contributed by atoms with van der Waals surface area (Å²) in [6.07, 6.45) is 0.900. The van der Waals surface area contributed by atoms with Gasteiger partial charge in [-0.2, -0.15) is 0 Å². The van der Waals surface area contributed by atoms with E-state index in [0.717, 1.165) is 6.42 Å². The smallest absolute Gasteiger partial charge is 0.257 e. The summed E-state index contributed by atoms with van der Waals surface area (Å²) >= 11 is 6.05. The van der Waals surface area contributed by atoms with Crippen LogP contribution in [0.5, 0.6) is 11.5 Å². The SMILES string of the molecule is NC[C@H]1CCN(C(=O)c2cc(Cl)ccc2Oc2ccc(F)cc2)C1. The summed E-state index contributed by atoms with van der Waals surface area (Å²) in [5.41, 5.74) is 6.08. The van der Waals surface area contributed by atoms with Crippen LogP contribution in [-0.4, -0.2) is 30.4 Å². The molecular weight excluding hydrogens is 331 g/mol. The van der Waals surface area contributed by atoms with Gasteiger partial charge >= 0.3 is 0 Å². The molecule has 1 fully saturated rings. The van der Waals surface area contributed by atoms with E-state index in [2.05, 4.69) is 0 Å². The van der Waals surface area contributed by atoms with Crippen LogP contribution in [-0.2, 0) is 0 Å². The van der Waals surface area contributed by atoms with Crippen LogP contribution < -0.4 is 10.5 Å². The molecular formula is C18H18ClFN2O2. The molecule has 2 aromatic carbocycles. The van der Waals surface area contributed by atoms with Crippen molar-refractivity contribution in [1.82, 2.24) is 4.90 Å². The van der Waals surface area contributed by atoms with E-state index in [9.17, 15) is 9.18 Å². The lowest BCUT2D eigenvalue weighted by atomic mass is 10.1. The number of rotatable bonds is 4. The fraction of sp³-hybridized carbons (Fsp3) is 0.278. The highest BCUT2D eigenvalue weighted by atomic mass is 35.5. The number of halogens is 2. The third-order valence-corrected chi connectivity index (χ3v) is 4.35. The molecule has 1 aliphatic heterocycles. The molecule has 0 bridgehead atoms. The third-order valence-electron chi connectivity index (χ3n) is 4.12. The highest BCUT2D eigenvalue weighted by Crippen LogP contribution is 2.30. The molecule has 126 valence electrons. The van der Waals surface area contributed by atoms with Crippen molar-refractivity contribution in [3.63, 3.8) is 0 Å². The Balaban J connectivity index is 1.85. The molecule has 1 atom stereocenters. The van der Waals surface area contributed by atoms with Crippen LogP contribution in [0, 0.1) is 11.7 Å². The Kier molecular flexibility index (Phi) is 5.02. The van der Waals surface area contributed by atoms with E-state index in [0.29, 0.717) is 47.6 Å². The van der Waals surface area contributed by atoms with Crippen LogP contribution >= 0.6 is 11.6 Å². The van der Waals surface area contributed by atoms with E-state index < -0.39 is 0 Å². The number of carbonyl (C=O) groups excluding carboxylic acids is 1. The number of nitrogens with zero attached hydrogens (tertiary/aromatic N) is 1. The molecule has 2 N–H and O–H groups in total. The number of hydrogen-bond donors (Lipinski definition) is 1. The van der Waals surface area contributed by atoms with Gasteiger partial charge in [-0.25, -0.2) is 4.39 Å². The third kappa shape index (κ3) is 3.68. The van der Waals surface area contributed by atoms with E-state index in [-0.39, 0.29) is 11.7 Å². The molecule has 6 heteroatoms. The number of ether oxygens (including phenoxy) is 1. The van der Waals surface area contributed by atoms with Crippen LogP contribution in [0.1, 0.15) is 16.8 Å². The molecule has 1 aliphatic rings. The minimum atomic E-state index is -0.348. The number of nitrogens with two attached hydrogens (primary N) is 1. The molecule has 0 aromatic heterocycles. The molecule has 1 heterocycles. The first-order valence-electron chi connectivity index (χ1n) is 7.79. The van der Waals surface area contributed by atoms with Crippen molar-refractivity contribution in [3.05, 3.63) is 58.9 Å². The molecule has 0 spiro atoms. The summed E-state index contributed by atoms with van der Waals surface area (Å²) in [6, 6.07) is 10.5. The van der Waals surface area contributed by atoms with Crippen LogP contribution in [0.15, 0.2) is 42.5 Å². The zero-order valence-electron chi connectivity index (χ0n) is 13.0. The van der Waals surface area contributed by atoms with Gasteiger partial charge in [0, 0.05) is 18.1 Å². The van der Waals surface area contributed by atoms with Gasteiger partial charge in [-0.3, -0.25) is 4.79 Å². The van der Waals surface area contributed by atoms with Gasteiger partial charge in [0.1, 0.15) is 17.3 Å². The minimum absolute atomic E-state index is 0.134. The van der Waals surface area contributed by atoms with Crippen molar-refractivity contribution in [2.75, 3.05) is 19.6 Å². The van der Waals surface area contributed by atoms with Gasteiger partial charge in [-0.05, 0) is 61.3 Å². The Morgan fingerprint density at radius 3 is 2.71 bits per heavy atom. The second-order valence-corrected chi connectivity index (χ2v) is 6.27. The number of amides is 1. The summed E-state index contributed by atoms with van der Waals surface area (Å²) in [5, 5.41) is 0.458. The van der Waals surface area contributed by atoms with E-state index in [1.807, 2.05) is 0 Å². The quantitative estimate of drug-likeness (QED) is 0.916. The highest BCUT2D eigenvalue weighted by molar-refractivity contribution is 6.31. The monoisotopic (exact) mass is 348 g/mol. The average molecular weight is 349 g/mol. The fourth-order valence-corrected chi connectivity index (χ4v) is 2.94. The second kappa shape index (κ2) is 7.20. The maximum atomic E-state index is 13.0. The van der Waals surface area contributed by atoms with Gasteiger partial charge < -0.3 is 15.4 Å². The predicted molar refractivity (Wildman–Crippen MR) is 91.0 cm³/mol. The van der Waals surface area contributed by atoms with E-state index >= 15 is 0 Å². The lowest BCUT2D eigenvalue weighted by molar-refractivity contribution is 0.0785. The normalized spacial score (nSPS) is 17.1. The highest BCUT2D eigenvalue weighted by Gasteiger charge is 2.28. The second-order valence-electron chi connectivity index (χ2n) is 5.84. The Hall–Kier alpha value is -2.11. The summed E-state index contributed by atoms with van der Waals surface area (Å²) in [5.74, 6) is 0.695. The molecule has 0 unspecified atom stereocenters. The summed E-state index contributed by atoms with van der Waals surface area (Å²) in [4.78, 5) is 14.6. The number of benzene rings is 2. The first-order valence-corrected chi connectivity index (χ1v) is 8.17. The van der Waals surface area contributed by atoms with Crippen molar-refractivity contribution in [2.24, 2.45) is 11.7 Å². The number of carbonyl (C=O) groups is 1. The topological polar surface area (TPSA) is 55.6 Å². The van der Waals surface area contributed by atoms with Gasteiger partial charge in [0.2, 0.25) is 0 Å². The Morgan fingerprint density at radius 1 is 1.29 bits per heavy atom. The fourth-order valence-electron chi connectivity index (χ4n) is 2.77. The van der Waals surface area contributed by atoms with Crippen LogP contribution in [0.25, 0.3) is 0 Å². The first-order chi connectivity index (χ1) is 11.6. The van der Waals surface area contributed by atoms with Gasteiger partial charge in [0.25, 0.3) is 5.91 Å². The minimum Gasteiger partial charge on any atom is -0.457 e. The molecule has 0 radical (unpaired) electrons. The van der Waals surface area contributed by atoms with Crippen molar-refractivity contribution in [2.45, 2.75) is 6.42 Å². The first kappa shape index (κ1) is 16.7. The summed E-state index contributed by atoms with van der Waals surface area (Å²) < 4.78 is 18.8. The summed E-state index contributed by atoms with van der Waals surface area (Å²) in [7, 11) is 0. The van der Waals surface area contributed by atoms with Gasteiger partial charge in [-0.1, -0.05) is 11.6 Å². The number of likely N-dealkylation sites (tertiary alicyclic amines) is 1. The molecule has 1 amide bonds. The molecule has 4 nitrogen and oxygen atoms in total. The average Bonchev–Trinajstić information content (AvgIpc) is 3.07. The van der Waals surface area contributed by atoms with Crippen molar-refractivity contribution in [1.29, 1.82) is 0 Å². The lowest BCUT2D eigenvalue weighted by Crippen LogP contribution is -2.30. The Morgan fingerprint density at radius 2 is 2.04 bits per heavy atom. The number of hydrogen-bond acceptors (Lipinski definition) is 3. The van der Waals surface area contributed by atoms with Crippen LogP contribution in [0.3, 0.4) is 0 Å². The standard InChI is InChI=1S/C18H18ClFN2O2/c19-13-1-6-17(24-15-4-2-14(20)3-5-15)16(9-13)18(23)22-8-7-12(10-21)11-22/h1-6,9,12H,7-8,10-11,21H2/t12-/m1/s1. The predicted octanol–water partition coefficient (Wildman–Crippen LogP) is 3.69. The van der Waals surface area contributed by atoms with E-state index in [4.69, 9.17) is 22.1 Å². The van der Waals surface area contributed by atoms with E-state index in [1.165, 1.54) is 24.3 Å². The van der Waals surface area contributed by atoms with Crippen molar-refractivity contribution in [3.8, 4) is 11.5 Å². The van der Waals surface area contributed by atoms with Gasteiger partial charge in [-0.15, -0.1) is 0 Å². The maximum absolute atomic E-state index is 13.0. The zero-order chi connectivity index (χ0) is 17.1. The van der Waals surface area contributed by atoms with Crippen LogP contribution in [0.2, 0.25) is 5.02 Å². The molecule has 0 aliphatic carbocycles. The Bertz CT molecular complexity index is 736. The van der Waals surface area contributed by atoms with Gasteiger partial charge in [0.15, 0.2) is 0 Å².